The summed E-state index contributed by atoms with van der Waals surface area (Å²) in [6.45, 7) is 6.51. The van der Waals surface area contributed by atoms with Crippen LogP contribution in [0.25, 0.3) is 0 Å². The van der Waals surface area contributed by atoms with E-state index in [4.69, 9.17) is 9.84 Å². The summed E-state index contributed by atoms with van der Waals surface area (Å²) in [5.74, 6) is -0.0437. The van der Waals surface area contributed by atoms with E-state index >= 15 is 0 Å². The summed E-state index contributed by atoms with van der Waals surface area (Å²) < 4.78 is 6.68. The molecule has 0 aliphatic rings. The van der Waals surface area contributed by atoms with Crippen LogP contribution in [0.4, 0.5) is 0 Å². The van der Waals surface area contributed by atoms with Gasteiger partial charge >= 0.3 is 5.97 Å². The first-order valence-electron chi connectivity index (χ1n) is 6.61. The van der Waals surface area contributed by atoms with Crippen molar-refractivity contribution in [2.75, 3.05) is 0 Å². The Kier molecular flexibility index (Phi) is 4.68. The summed E-state index contributed by atoms with van der Waals surface area (Å²) in [6.07, 6.45) is 0. The van der Waals surface area contributed by atoms with Gasteiger partial charge in [-0.1, -0.05) is 34.1 Å². The smallest absolute Gasteiger partial charge is 0.335 e. The quantitative estimate of drug-likeness (QED) is 0.874. The van der Waals surface area contributed by atoms with Crippen LogP contribution in [0.5, 0.6) is 5.75 Å². The standard InChI is InChI=1S/C17H17BrO3/c1-10-4-5-11(2)16(12(10)3)21-9-14-7-6-13(17(19)20)8-15(14)18/h4-8H,9H2,1-3H3,(H,19,20). The zero-order chi connectivity index (χ0) is 15.6. The Hall–Kier alpha value is -1.81. The number of carboxylic acids is 1. The van der Waals surface area contributed by atoms with Crippen molar-refractivity contribution < 1.29 is 14.6 Å². The Bertz CT molecular complexity index is 693. The lowest BCUT2D eigenvalue weighted by molar-refractivity contribution is 0.0696. The fourth-order valence-electron chi connectivity index (χ4n) is 2.09. The van der Waals surface area contributed by atoms with Crippen molar-refractivity contribution in [2.24, 2.45) is 0 Å². The molecule has 0 saturated carbocycles. The summed E-state index contributed by atoms with van der Waals surface area (Å²) in [7, 11) is 0. The monoisotopic (exact) mass is 348 g/mol. The molecule has 4 heteroatoms. The molecule has 0 aliphatic heterocycles. The molecule has 0 radical (unpaired) electrons. The Morgan fingerprint density at radius 1 is 1.14 bits per heavy atom. The minimum absolute atomic E-state index is 0.258. The molecule has 2 aromatic rings. The molecule has 0 spiro atoms. The lowest BCUT2D eigenvalue weighted by Crippen LogP contribution is -2.02. The molecular formula is C17H17BrO3. The second-order valence-electron chi connectivity index (χ2n) is 5.05. The van der Waals surface area contributed by atoms with E-state index < -0.39 is 5.97 Å². The Balaban J connectivity index is 2.21. The third-order valence-corrected chi connectivity index (χ3v) is 4.28. The van der Waals surface area contributed by atoms with Crippen molar-refractivity contribution in [3.8, 4) is 5.75 Å². The number of ether oxygens (including phenoxy) is 1. The van der Waals surface area contributed by atoms with E-state index in [1.54, 1.807) is 18.2 Å². The fourth-order valence-corrected chi connectivity index (χ4v) is 2.59. The summed E-state index contributed by atoms with van der Waals surface area (Å²) in [5, 5.41) is 8.96. The van der Waals surface area contributed by atoms with Gasteiger partial charge in [0.2, 0.25) is 0 Å². The van der Waals surface area contributed by atoms with E-state index in [2.05, 4.69) is 28.9 Å². The van der Waals surface area contributed by atoms with Gasteiger partial charge in [-0.25, -0.2) is 4.79 Å². The zero-order valence-corrected chi connectivity index (χ0v) is 13.8. The van der Waals surface area contributed by atoms with Gasteiger partial charge in [-0.05, 0) is 49.6 Å². The molecule has 0 fully saturated rings. The number of aromatic carboxylic acids is 1. The summed E-state index contributed by atoms with van der Waals surface area (Å²) in [5.41, 5.74) is 4.59. The van der Waals surface area contributed by atoms with E-state index in [1.165, 1.54) is 5.56 Å². The first-order chi connectivity index (χ1) is 9.90. The summed E-state index contributed by atoms with van der Waals surface area (Å²) in [4.78, 5) is 10.9. The predicted molar refractivity (Wildman–Crippen MR) is 86.1 cm³/mol. The van der Waals surface area contributed by atoms with Gasteiger partial charge in [0, 0.05) is 10.0 Å². The number of carbonyl (C=O) groups is 1. The van der Waals surface area contributed by atoms with Gasteiger partial charge in [0.05, 0.1) is 5.56 Å². The zero-order valence-electron chi connectivity index (χ0n) is 12.2. The third-order valence-electron chi connectivity index (χ3n) is 3.55. The number of hydrogen-bond acceptors (Lipinski definition) is 2. The molecule has 0 aromatic heterocycles. The molecule has 0 heterocycles. The highest BCUT2D eigenvalue weighted by molar-refractivity contribution is 9.10. The van der Waals surface area contributed by atoms with E-state index in [0.717, 1.165) is 26.9 Å². The van der Waals surface area contributed by atoms with Crippen LogP contribution in [0, 0.1) is 20.8 Å². The molecule has 0 saturated heterocycles. The van der Waals surface area contributed by atoms with Crippen molar-refractivity contribution >= 4 is 21.9 Å². The molecular weight excluding hydrogens is 332 g/mol. The van der Waals surface area contributed by atoms with Crippen molar-refractivity contribution in [3.63, 3.8) is 0 Å². The van der Waals surface area contributed by atoms with Crippen LogP contribution in [0.3, 0.4) is 0 Å². The van der Waals surface area contributed by atoms with Crippen LogP contribution in [0.1, 0.15) is 32.6 Å². The van der Waals surface area contributed by atoms with Gasteiger partial charge in [-0.3, -0.25) is 0 Å². The molecule has 0 amide bonds. The lowest BCUT2D eigenvalue weighted by atomic mass is 10.1. The average molecular weight is 349 g/mol. The molecule has 0 bridgehead atoms. The molecule has 0 unspecified atom stereocenters. The first-order valence-corrected chi connectivity index (χ1v) is 7.40. The Labute approximate surface area is 132 Å². The highest BCUT2D eigenvalue weighted by Gasteiger charge is 2.10. The van der Waals surface area contributed by atoms with Crippen LogP contribution >= 0.6 is 15.9 Å². The van der Waals surface area contributed by atoms with E-state index in [9.17, 15) is 4.79 Å². The SMILES string of the molecule is Cc1ccc(C)c(OCc2ccc(C(=O)O)cc2Br)c1C. The second-order valence-corrected chi connectivity index (χ2v) is 5.91. The Morgan fingerprint density at radius 3 is 2.43 bits per heavy atom. The highest BCUT2D eigenvalue weighted by Crippen LogP contribution is 2.28. The predicted octanol–water partition coefficient (Wildman–Crippen LogP) is 4.65. The molecule has 1 N–H and O–H groups in total. The van der Waals surface area contributed by atoms with Crippen molar-refractivity contribution in [1.82, 2.24) is 0 Å². The van der Waals surface area contributed by atoms with Gasteiger partial charge in [0.25, 0.3) is 0 Å². The number of rotatable bonds is 4. The maximum atomic E-state index is 10.9. The molecule has 2 rings (SSSR count). The van der Waals surface area contributed by atoms with Gasteiger partial charge in [-0.15, -0.1) is 0 Å². The van der Waals surface area contributed by atoms with E-state index in [-0.39, 0.29) is 5.56 Å². The van der Waals surface area contributed by atoms with Gasteiger partial charge in [0.1, 0.15) is 12.4 Å². The molecule has 3 nitrogen and oxygen atoms in total. The minimum Gasteiger partial charge on any atom is -0.488 e. The number of hydrogen-bond donors (Lipinski definition) is 1. The molecule has 0 atom stereocenters. The summed E-state index contributed by atoms with van der Waals surface area (Å²) >= 11 is 3.40. The van der Waals surface area contributed by atoms with Crippen molar-refractivity contribution in [3.05, 3.63) is 62.6 Å². The van der Waals surface area contributed by atoms with Crippen LogP contribution in [0.15, 0.2) is 34.8 Å². The van der Waals surface area contributed by atoms with Gasteiger partial charge < -0.3 is 9.84 Å². The van der Waals surface area contributed by atoms with E-state index in [1.807, 2.05) is 19.9 Å². The summed E-state index contributed by atoms with van der Waals surface area (Å²) in [6, 6.07) is 9.07. The first kappa shape index (κ1) is 15.6. The second kappa shape index (κ2) is 6.31. The van der Waals surface area contributed by atoms with Gasteiger partial charge in [0.15, 0.2) is 0 Å². The Morgan fingerprint density at radius 2 is 1.81 bits per heavy atom. The third kappa shape index (κ3) is 3.45. The molecule has 110 valence electrons. The van der Waals surface area contributed by atoms with Crippen molar-refractivity contribution in [1.29, 1.82) is 0 Å². The number of halogens is 1. The lowest BCUT2D eigenvalue weighted by Gasteiger charge is -2.14. The van der Waals surface area contributed by atoms with Crippen molar-refractivity contribution in [2.45, 2.75) is 27.4 Å². The largest absolute Gasteiger partial charge is 0.488 e. The van der Waals surface area contributed by atoms with Crippen LogP contribution < -0.4 is 4.74 Å². The number of carboxylic acid groups (broad SMARTS) is 1. The van der Waals surface area contributed by atoms with Crippen LogP contribution in [0.2, 0.25) is 0 Å². The van der Waals surface area contributed by atoms with Crippen LogP contribution in [-0.4, -0.2) is 11.1 Å². The topological polar surface area (TPSA) is 46.5 Å². The minimum atomic E-state index is -0.937. The van der Waals surface area contributed by atoms with Crippen LogP contribution in [-0.2, 0) is 6.61 Å². The molecule has 0 aliphatic carbocycles. The normalized spacial score (nSPS) is 10.5. The van der Waals surface area contributed by atoms with E-state index in [0.29, 0.717) is 6.61 Å². The highest BCUT2D eigenvalue weighted by atomic mass is 79.9. The number of benzene rings is 2. The fraction of sp³-hybridized carbons (Fsp3) is 0.235. The average Bonchev–Trinajstić information content (AvgIpc) is 2.44. The molecule has 21 heavy (non-hydrogen) atoms. The number of aryl methyl sites for hydroxylation is 2. The maximum absolute atomic E-state index is 10.9. The molecule has 2 aromatic carbocycles. The van der Waals surface area contributed by atoms with Gasteiger partial charge in [-0.2, -0.15) is 0 Å². The maximum Gasteiger partial charge on any atom is 0.335 e.